The van der Waals surface area contributed by atoms with E-state index in [1.807, 2.05) is 13.8 Å². The fourth-order valence-corrected chi connectivity index (χ4v) is 1.11. The van der Waals surface area contributed by atoms with Gasteiger partial charge in [0, 0.05) is 0 Å². The number of carbonyl (C=O) groups is 1. The molecule has 0 heterocycles. The highest BCUT2D eigenvalue weighted by molar-refractivity contribution is 5.78. The monoisotopic (exact) mass is 159 g/mol. The van der Waals surface area contributed by atoms with Crippen LogP contribution in [0.15, 0.2) is 0 Å². The Labute approximate surface area is 67.8 Å². The molecule has 0 amide bonds. The zero-order valence-electron chi connectivity index (χ0n) is 7.64. The first kappa shape index (κ1) is 10.4. The molecule has 0 aliphatic carbocycles. The second kappa shape index (κ2) is 3.72. The first-order valence-electron chi connectivity index (χ1n) is 3.84. The Bertz CT molecular complexity index is 145. The lowest BCUT2D eigenvalue weighted by molar-refractivity contribution is -0.144. The SMILES string of the molecule is CNC(C)(CC(C)C)C(=O)O. The van der Waals surface area contributed by atoms with Crippen LogP contribution in [0.2, 0.25) is 0 Å². The van der Waals surface area contributed by atoms with Crippen molar-refractivity contribution in [2.24, 2.45) is 5.92 Å². The van der Waals surface area contributed by atoms with E-state index in [1.54, 1.807) is 14.0 Å². The summed E-state index contributed by atoms with van der Waals surface area (Å²) in [5.74, 6) is -0.391. The van der Waals surface area contributed by atoms with Gasteiger partial charge in [0.2, 0.25) is 0 Å². The summed E-state index contributed by atoms with van der Waals surface area (Å²) in [5.41, 5.74) is -0.770. The van der Waals surface area contributed by atoms with Crippen LogP contribution in [0.5, 0.6) is 0 Å². The first-order chi connectivity index (χ1) is 4.92. The van der Waals surface area contributed by atoms with Crippen LogP contribution in [-0.4, -0.2) is 23.7 Å². The normalized spacial score (nSPS) is 16.5. The summed E-state index contributed by atoms with van der Waals surface area (Å²) in [6, 6.07) is 0. The van der Waals surface area contributed by atoms with E-state index in [1.165, 1.54) is 0 Å². The van der Waals surface area contributed by atoms with Gasteiger partial charge in [0.1, 0.15) is 5.54 Å². The van der Waals surface area contributed by atoms with Gasteiger partial charge in [-0.2, -0.15) is 0 Å². The van der Waals surface area contributed by atoms with Gasteiger partial charge >= 0.3 is 5.97 Å². The number of hydrogen-bond acceptors (Lipinski definition) is 2. The van der Waals surface area contributed by atoms with Crippen molar-refractivity contribution < 1.29 is 9.90 Å². The number of carboxylic acids is 1. The quantitative estimate of drug-likeness (QED) is 0.645. The van der Waals surface area contributed by atoms with E-state index < -0.39 is 11.5 Å². The Kier molecular flexibility index (Phi) is 3.52. The maximum absolute atomic E-state index is 10.7. The lowest BCUT2D eigenvalue weighted by atomic mass is 9.91. The number of nitrogens with one attached hydrogen (secondary N) is 1. The Hall–Kier alpha value is -0.570. The standard InChI is InChI=1S/C8H17NO2/c1-6(2)5-8(3,9-4)7(10)11/h6,9H,5H2,1-4H3,(H,10,11). The summed E-state index contributed by atoms with van der Waals surface area (Å²) in [5, 5.41) is 11.6. The Balaban J connectivity index is 4.22. The molecule has 1 atom stereocenters. The molecule has 3 nitrogen and oxygen atoms in total. The van der Waals surface area contributed by atoms with Gasteiger partial charge in [-0.15, -0.1) is 0 Å². The predicted octanol–water partition coefficient (Wildman–Crippen LogP) is 1.10. The molecular weight excluding hydrogens is 142 g/mol. The lowest BCUT2D eigenvalue weighted by Crippen LogP contribution is -2.48. The van der Waals surface area contributed by atoms with Gasteiger partial charge in [-0.1, -0.05) is 13.8 Å². The fourth-order valence-electron chi connectivity index (χ4n) is 1.11. The van der Waals surface area contributed by atoms with Crippen molar-refractivity contribution in [2.75, 3.05) is 7.05 Å². The highest BCUT2D eigenvalue weighted by Gasteiger charge is 2.31. The third-order valence-electron chi connectivity index (χ3n) is 1.84. The summed E-state index contributed by atoms with van der Waals surface area (Å²) >= 11 is 0. The van der Waals surface area contributed by atoms with Crippen LogP contribution >= 0.6 is 0 Å². The molecule has 0 aromatic rings. The van der Waals surface area contributed by atoms with Crippen molar-refractivity contribution in [3.05, 3.63) is 0 Å². The Morgan fingerprint density at radius 2 is 2.09 bits per heavy atom. The summed E-state index contributed by atoms with van der Waals surface area (Å²) in [4.78, 5) is 10.7. The van der Waals surface area contributed by atoms with E-state index in [0.717, 1.165) is 0 Å². The van der Waals surface area contributed by atoms with E-state index in [0.29, 0.717) is 12.3 Å². The summed E-state index contributed by atoms with van der Waals surface area (Å²) < 4.78 is 0. The molecule has 0 saturated heterocycles. The molecule has 11 heavy (non-hydrogen) atoms. The van der Waals surface area contributed by atoms with Crippen LogP contribution in [0.3, 0.4) is 0 Å². The Morgan fingerprint density at radius 1 is 1.64 bits per heavy atom. The minimum absolute atomic E-state index is 0.392. The molecule has 0 spiro atoms. The summed E-state index contributed by atoms with van der Waals surface area (Å²) in [6.45, 7) is 5.73. The van der Waals surface area contributed by atoms with Crippen molar-refractivity contribution in [1.82, 2.24) is 5.32 Å². The van der Waals surface area contributed by atoms with Crippen LogP contribution in [0.25, 0.3) is 0 Å². The van der Waals surface area contributed by atoms with Gasteiger partial charge in [-0.05, 0) is 26.3 Å². The number of likely N-dealkylation sites (N-methyl/N-ethyl adjacent to an activating group) is 1. The molecule has 0 radical (unpaired) electrons. The zero-order valence-corrected chi connectivity index (χ0v) is 7.64. The van der Waals surface area contributed by atoms with Crippen LogP contribution in [0, 0.1) is 5.92 Å². The molecule has 0 aliphatic heterocycles. The smallest absolute Gasteiger partial charge is 0.323 e. The molecule has 1 unspecified atom stereocenters. The van der Waals surface area contributed by atoms with Gasteiger partial charge in [0.05, 0.1) is 0 Å². The summed E-state index contributed by atoms with van der Waals surface area (Å²) in [6.07, 6.45) is 0.652. The molecule has 0 rings (SSSR count). The molecule has 2 N–H and O–H groups in total. The molecule has 66 valence electrons. The number of carboxylic acid groups (broad SMARTS) is 1. The molecule has 0 saturated carbocycles. The molecule has 0 aromatic carbocycles. The largest absolute Gasteiger partial charge is 0.480 e. The maximum atomic E-state index is 10.7. The van der Waals surface area contributed by atoms with E-state index >= 15 is 0 Å². The van der Waals surface area contributed by atoms with Gasteiger partial charge < -0.3 is 10.4 Å². The highest BCUT2D eigenvalue weighted by atomic mass is 16.4. The van der Waals surface area contributed by atoms with E-state index in [-0.39, 0.29) is 0 Å². The average Bonchev–Trinajstić information content (AvgIpc) is 1.86. The number of aliphatic carboxylic acids is 1. The summed E-state index contributed by atoms with van der Waals surface area (Å²) in [7, 11) is 1.68. The van der Waals surface area contributed by atoms with Crippen molar-refractivity contribution in [2.45, 2.75) is 32.7 Å². The number of rotatable bonds is 4. The fraction of sp³-hybridized carbons (Fsp3) is 0.875. The third kappa shape index (κ3) is 2.89. The van der Waals surface area contributed by atoms with E-state index in [9.17, 15) is 4.79 Å². The van der Waals surface area contributed by atoms with Crippen LogP contribution in [0.4, 0.5) is 0 Å². The maximum Gasteiger partial charge on any atom is 0.323 e. The second-order valence-electron chi connectivity index (χ2n) is 3.49. The highest BCUT2D eigenvalue weighted by Crippen LogP contribution is 2.15. The topological polar surface area (TPSA) is 49.3 Å². The molecule has 0 aliphatic rings. The van der Waals surface area contributed by atoms with Crippen molar-refractivity contribution in [1.29, 1.82) is 0 Å². The van der Waals surface area contributed by atoms with Gasteiger partial charge in [0.15, 0.2) is 0 Å². The van der Waals surface area contributed by atoms with Crippen molar-refractivity contribution >= 4 is 5.97 Å². The molecule has 0 aromatic heterocycles. The second-order valence-corrected chi connectivity index (χ2v) is 3.49. The molecule has 0 bridgehead atoms. The zero-order chi connectivity index (χ0) is 9.07. The molecular formula is C8H17NO2. The van der Waals surface area contributed by atoms with E-state index in [4.69, 9.17) is 5.11 Å². The van der Waals surface area contributed by atoms with Crippen molar-refractivity contribution in [3.8, 4) is 0 Å². The average molecular weight is 159 g/mol. The van der Waals surface area contributed by atoms with Crippen LogP contribution in [-0.2, 0) is 4.79 Å². The van der Waals surface area contributed by atoms with Crippen LogP contribution < -0.4 is 5.32 Å². The number of hydrogen-bond donors (Lipinski definition) is 2. The van der Waals surface area contributed by atoms with Gasteiger partial charge in [-0.25, -0.2) is 0 Å². The van der Waals surface area contributed by atoms with Crippen molar-refractivity contribution in [3.63, 3.8) is 0 Å². The minimum atomic E-state index is -0.784. The van der Waals surface area contributed by atoms with E-state index in [2.05, 4.69) is 5.32 Å². The van der Waals surface area contributed by atoms with Gasteiger partial charge in [-0.3, -0.25) is 4.79 Å². The first-order valence-corrected chi connectivity index (χ1v) is 3.84. The Morgan fingerprint density at radius 3 is 2.18 bits per heavy atom. The predicted molar refractivity (Wildman–Crippen MR) is 44.6 cm³/mol. The minimum Gasteiger partial charge on any atom is -0.480 e. The molecule has 3 heteroatoms. The lowest BCUT2D eigenvalue weighted by Gasteiger charge is -2.25. The van der Waals surface area contributed by atoms with Crippen LogP contribution in [0.1, 0.15) is 27.2 Å². The third-order valence-corrected chi connectivity index (χ3v) is 1.84. The molecule has 0 fully saturated rings. The van der Waals surface area contributed by atoms with Gasteiger partial charge in [0.25, 0.3) is 0 Å².